The first kappa shape index (κ1) is 19.5. The molecule has 1 fully saturated rings. The molecule has 0 radical (unpaired) electrons. The second-order valence-electron chi connectivity index (χ2n) is 7.59. The summed E-state index contributed by atoms with van der Waals surface area (Å²) in [6.45, 7) is 1.65. The number of nitrogens with zero attached hydrogens (tertiary/aromatic N) is 4. The van der Waals surface area contributed by atoms with Gasteiger partial charge < -0.3 is 10.3 Å². The number of hydrogen-bond acceptors (Lipinski definition) is 5. The van der Waals surface area contributed by atoms with Gasteiger partial charge in [-0.2, -0.15) is 0 Å². The van der Waals surface area contributed by atoms with Gasteiger partial charge in [0.2, 0.25) is 11.1 Å². The average molecular weight is 440 g/mol. The first-order valence-corrected chi connectivity index (χ1v) is 11.4. The van der Waals surface area contributed by atoms with Crippen LogP contribution in [0.1, 0.15) is 30.9 Å². The van der Waals surface area contributed by atoms with Gasteiger partial charge in [0, 0.05) is 23.7 Å². The number of thioether (sulfide) groups is 1. The Labute approximate surface area is 184 Å². The van der Waals surface area contributed by atoms with Gasteiger partial charge in [-0.05, 0) is 37.0 Å². The van der Waals surface area contributed by atoms with E-state index in [4.69, 9.17) is 11.6 Å². The molecule has 154 valence electrons. The summed E-state index contributed by atoms with van der Waals surface area (Å²) in [5, 5.41) is 9.84. The number of aromatic nitrogens is 3. The molecule has 30 heavy (non-hydrogen) atoms. The van der Waals surface area contributed by atoms with Gasteiger partial charge in [0.1, 0.15) is 5.25 Å². The van der Waals surface area contributed by atoms with Crippen molar-refractivity contribution < 1.29 is 4.79 Å². The minimum atomic E-state index is -0.315. The van der Waals surface area contributed by atoms with Crippen LogP contribution in [0.5, 0.6) is 0 Å². The van der Waals surface area contributed by atoms with Crippen LogP contribution in [-0.2, 0) is 4.79 Å². The van der Waals surface area contributed by atoms with E-state index in [1.54, 1.807) is 0 Å². The standard InChI is InChI=1S/C22H22ClN5OS/c23-17-11-9-15(10-12-17)18-19(21(29)27-13-5-2-6-14-27)30-22-25-24-20(28(22)26-18)16-7-3-1-4-8-16/h1,3-4,7-12,18-19,26H,2,5-6,13-14H2/t18-,19+/m0/s1. The Morgan fingerprint density at radius 1 is 1.00 bits per heavy atom. The zero-order valence-corrected chi connectivity index (χ0v) is 17.9. The van der Waals surface area contributed by atoms with Crippen LogP contribution >= 0.6 is 23.4 Å². The lowest BCUT2D eigenvalue weighted by molar-refractivity contribution is -0.131. The van der Waals surface area contributed by atoms with Gasteiger partial charge in [-0.25, -0.2) is 4.68 Å². The van der Waals surface area contributed by atoms with Crippen molar-refractivity contribution in [3.63, 3.8) is 0 Å². The smallest absolute Gasteiger partial charge is 0.238 e. The van der Waals surface area contributed by atoms with Gasteiger partial charge in [-0.15, -0.1) is 10.2 Å². The summed E-state index contributed by atoms with van der Waals surface area (Å²) in [6.07, 6.45) is 3.32. The normalized spacial score (nSPS) is 21.0. The molecule has 2 atom stereocenters. The molecule has 3 heterocycles. The maximum Gasteiger partial charge on any atom is 0.238 e. The van der Waals surface area contributed by atoms with Crippen LogP contribution in [0.4, 0.5) is 0 Å². The van der Waals surface area contributed by atoms with Crippen LogP contribution in [0.3, 0.4) is 0 Å². The van der Waals surface area contributed by atoms with Crippen LogP contribution in [0, 0.1) is 0 Å². The lowest BCUT2D eigenvalue weighted by Crippen LogP contribution is -2.47. The third-order valence-electron chi connectivity index (χ3n) is 5.61. The molecule has 0 unspecified atom stereocenters. The second-order valence-corrected chi connectivity index (χ2v) is 9.14. The summed E-state index contributed by atoms with van der Waals surface area (Å²) in [5.41, 5.74) is 5.52. The molecule has 1 aromatic heterocycles. The number of fused-ring (bicyclic) bond motifs is 1. The van der Waals surface area contributed by atoms with Crippen LogP contribution in [0.25, 0.3) is 11.4 Å². The topological polar surface area (TPSA) is 63.1 Å². The van der Waals surface area contributed by atoms with Crippen LogP contribution in [0.2, 0.25) is 5.02 Å². The van der Waals surface area contributed by atoms with E-state index in [2.05, 4.69) is 15.6 Å². The minimum absolute atomic E-state index is 0.155. The number of hydrogen-bond donors (Lipinski definition) is 1. The Kier molecular flexibility index (Phi) is 5.39. The molecule has 0 aliphatic carbocycles. The largest absolute Gasteiger partial charge is 0.342 e. The van der Waals surface area contributed by atoms with E-state index in [1.807, 2.05) is 64.2 Å². The molecule has 5 rings (SSSR count). The highest BCUT2D eigenvalue weighted by Gasteiger charge is 2.40. The van der Waals surface area contributed by atoms with Crippen molar-refractivity contribution in [3.05, 3.63) is 65.2 Å². The van der Waals surface area contributed by atoms with E-state index in [9.17, 15) is 4.79 Å². The van der Waals surface area contributed by atoms with Crippen molar-refractivity contribution in [1.29, 1.82) is 0 Å². The predicted octanol–water partition coefficient (Wildman–Crippen LogP) is 4.37. The molecule has 2 aliphatic heterocycles. The number of nitrogens with one attached hydrogen (secondary N) is 1. The number of rotatable bonds is 3. The summed E-state index contributed by atoms with van der Waals surface area (Å²) in [4.78, 5) is 15.5. The quantitative estimate of drug-likeness (QED) is 0.656. The molecule has 3 aromatic rings. The summed E-state index contributed by atoms with van der Waals surface area (Å²) in [5.74, 6) is 0.892. The maximum atomic E-state index is 13.5. The van der Waals surface area contributed by atoms with Gasteiger partial charge in [-0.3, -0.25) is 4.79 Å². The third kappa shape index (κ3) is 3.68. The van der Waals surface area contributed by atoms with Gasteiger partial charge >= 0.3 is 0 Å². The molecule has 1 N–H and O–H groups in total. The lowest BCUT2D eigenvalue weighted by Gasteiger charge is -2.37. The van der Waals surface area contributed by atoms with E-state index in [1.165, 1.54) is 18.2 Å². The number of carbonyl (C=O) groups is 1. The Bertz CT molecular complexity index is 1030. The SMILES string of the molecule is O=C([C@@H]1Sc2nnc(-c3ccccc3)n2N[C@H]1c1ccc(Cl)cc1)N1CCCCC1. The molecule has 2 aliphatic rings. The molecule has 0 bridgehead atoms. The van der Waals surface area contributed by atoms with Crippen molar-refractivity contribution >= 4 is 29.3 Å². The van der Waals surface area contributed by atoms with E-state index in [-0.39, 0.29) is 17.2 Å². The van der Waals surface area contributed by atoms with E-state index >= 15 is 0 Å². The lowest BCUT2D eigenvalue weighted by atomic mass is 10.0. The molecule has 0 saturated carbocycles. The van der Waals surface area contributed by atoms with Crippen molar-refractivity contribution in [3.8, 4) is 11.4 Å². The zero-order valence-electron chi connectivity index (χ0n) is 16.4. The van der Waals surface area contributed by atoms with Crippen LogP contribution < -0.4 is 5.43 Å². The van der Waals surface area contributed by atoms with Crippen molar-refractivity contribution in [2.45, 2.75) is 35.7 Å². The molecular weight excluding hydrogens is 418 g/mol. The van der Waals surface area contributed by atoms with Crippen molar-refractivity contribution in [1.82, 2.24) is 19.8 Å². The second kappa shape index (κ2) is 8.32. The molecule has 1 saturated heterocycles. The number of piperidine rings is 1. The number of carbonyl (C=O) groups excluding carboxylic acids is 1. The van der Waals surface area contributed by atoms with Gasteiger partial charge in [0.05, 0.1) is 6.04 Å². The number of benzene rings is 2. The molecule has 2 aromatic carbocycles. The van der Waals surface area contributed by atoms with Crippen LogP contribution in [-0.4, -0.2) is 44.0 Å². The summed E-state index contributed by atoms with van der Waals surface area (Å²) >= 11 is 7.60. The highest BCUT2D eigenvalue weighted by molar-refractivity contribution is 8.00. The molecular formula is C22H22ClN5OS. The van der Waals surface area contributed by atoms with Crippen LogP contribution in [0.15, 0.2) is 59.8 Å². The summed E-state index contributed by atoms with van der Waals surface area (Å²) in [6, 6.07) is 17.4. The Morgan fingerprint density at radius 3 is 2.47 bits per heavy atom. The number of likely N-dealkylation sites (tertiary alicyclic amines) is 1. The first-order chi connectivity index (χ1) is 14.7. The van der Waals surface area contributed by atoms with Gasteiger partial charge in [0.15, 0.2) is 5.82 Å². The van der Waals surface area contributed by atoms with E-state index in [0.29, 0.717) is 10.2 Å². The predicted molar refractivity (Wildman–Crippen MR) is 119 cm³/mol. The monoisotopic (exact) mass is 439 g/mol. The highest BCUT2D eigenvalue weighted by Crippen LogP contribution is 2.39. The molecule has 6 nitrogen and oxygen atoms in total. The zero-order chi connectivity index (χ0) is 20.5. The van der Waals surface area contributed by atoms with Gasteiger partial charge in [-0.1, -0.05) is 65.8 Å². The highest BCUT2D eigenvalue weighted by atomic mass is 35.5. The van der Waals surface area contributed by atoms with Gasteiger partial charge in [0.25, 0.3) is 0 Å². The fourth-order valence-electron chi connectivity index (χ4n) is 4.03. The number of halogens is 1. The molecule has 0 spiro atoms. The Morgan fingerprint density at radius 2 is 1.73 bits per heavy atom. The van der Waals surface area contributed by atoms with Crippen molar-refractivity contribution in [2.75, 3.05) is 18.5 Å². The minimum Gasteiger partial charge on any atom is -0.342 e. The van der Waals surface area contributed by atoms with E-state index in [0.717, 1.165) is 42.9 Å². The fourth-order valence-corrected chi connectivity index (χ4v) is 5.32. The third-order valence-corrected chi connectivity index (χ3v) is 7.06. The molecule has 1 amide bonds. The summed E-state index contributed by atoms with van der Waals surface area (Å²) in [7, 11) is 0. The van der Waals surface area contributed by atoms with Crippen molar-refractivity contribution in [2.24, 2.45) is 0 Å². The molecule has 8 heteroatoms. The Balaban J connectivity index is 1.53. The van der Waals surface area contributed by atoms with E-state index < -0.39 is 0 Å². The summed E-state index contributed by atoms with van der Waals surface area (Å²) < 4.78 is 1.90. The number of amides is 1. The fraction of sp³-hybridized carbons (Fsp3) is 0.318. The Hall–Kier alpha value is -2.51. The average Bonchev–Trinajstić information content (AvgIpc) is 3.22. The first-order valence-electron chi connectivity index (χ1n) is 10.2. The maximum absolute atomic E-state index is 13.5.